The third-order valence-corrected chi connectivity index (χ3v) is 5.33. The van der Waals surface area contributed by atoms with Gasteiger partial charge in [0, 0.05) is 17.4 Å². The molecule has 3 rings (SSSR count). The Hall–Kier alpha value is -2.31. The topological polar surface area (TPSA) is 64.0 Å². The van der Waals surface area contributed by atoms with E-state index in [0.29, 0.717) is 22.0 Å². The van der Waals surface area contributed by atoms with Crippen molar-refractivity contribution < 1.29 is 8.42 Å². The van der Waals surface area contributed by atoms with Gasteiger partial charge in [-0.05, 0) is 42.8 Å². The van der Waals surface area contributed by atoms with Gasteiger partial charge in [0.15, 0.2) is 0 Å². The lowest BCUT2D eigenvalue weighted by Crippen LogP contribution is -2.16. The van der Waals surface area contributed by atoms with E-state index in [0.717, 1.165) is 0 Å². The summed E-state index contributed by atoms with van der Waals surface area (Å²) in [6.07, 6.45) is 3.38. The minimum atomic E-state index is -3.76. The summed E-state index contributed by atoms with van der Waals surface area (Å²) in [5.74, 6) is 0. The lowest BCUT2D eigenvalue weighted by atomic mass is 10.2. The molecule has 0 unspecified atom stereocenters. The van der Waals surface area contributed by atoms with Crippen LogP contribution < -0.4 is 4.72 Å². The number of nitrogens with one attached hydrogen (secondary N) is 1. The van der Waals surface area contributed by atoms with Crippen LogP contribution in [0.2, 0.25) is 5.02 Å². The molecule has 0 amide bonds. The summed E-state index contributed by atoms with van der Waals surface area (Å²) in [4.78, 5) is 0.153. The second kappa shape index (κ2) is 6.06. The number of benzene rings is 2. The summed E-state index contributed by atoms with van der Waals surface area (Å²) in [6.45, 7) is 1.68. The van der Waals surface area contributed by atoms with Crippen LogP contribution in [0.4, 0.5) is 5.69 Å². The number of para-hydroxylation sites is 2. The van der Waals surface area contributed by atoms with Crippen LogP contribution in [0.15, 0.2) is 65.8 Å². The highest BCUT2D eigenvalue weighted by Crippen LogP contribution is 2.27. The lowest BCUT2D eigenvalue weighted by Gasteiger charge is -2.14. The van der Waals surface area contributed by atoms with Gasteiger partial charge in [-0.25, -0.2) is 13.1 Å². The number of sulfonamides is 1. The molecule has 0 saturated carbocycles. The normalized spacial score (nSPS) is 11.4. The first-order chi connectivity index (χ1) is 11.0. The molecule has 0 aliphatic carbocycles. The minimum Gasteiger partial charge on any atom is -0.277 e. The fourth-order valence-corrected chi connectivity index (χ4v) is 3.82. The molecule has 23 heavy (non-hydrogen) atoms. The molecule has 0 fully saturated rings. The van der Waals surface area contributed by atoms with Gasteiger partial charge in [0.2, 0.25) is 0 Å². The quantitative estimate of drug-likeness (QED) is 0.783. The van der Waals surface area contributed by atoms with E-state index in [2.05, 4.69) is 9.82 Å². The van der Waals surface area contributed by atoms with Crippen molar-refractivity contribution in [1.29, 1.82) is 0 Å². The zero-order chi connectivity index (χ0) is 16.4. The molecular weight excluding hydrogens is 334 g/mol. The predicted molar refractivity (Wildman–Crippen MR) is 90.6 cm³/mol. The van der Waals surface area contributed by atoms with Gasteiger partial charge in [-0.15, -0.1) is 0 Å². The average molecular weight is 348 g/mol. The fraction of sp³-hybridized carbons (Fsp3) is 0.0625. The summed E-state index contributed by atoms with van der Waals surface area (Å²) in [6, 6.07) is 13.6. The Morgan fingerprint density at radius 2 is 1.87 bits per heavy atom. The van der Waals surface area contributed by atoms with Crippen LogP contribution in [0.3, 0.4) is 0 Å². The Balaban J connectivity index is 2.04. The Morgan fingerprint density at radius 1 is 1.09 bits per heavy atom. The van der Waals surface area contributed by atoms with Crippen molar-refractivity contribution in [3.8, 4) is 5.69 Å². The molecule has 1 heterocycles. The van der Waals surface area contributed by atoms with E-state index >= 15 is 0 Å². The number of aromatic nitrogens is 2. The third kappa shape index (κ3) is 3.09. The molecule has 1 aromatic heterocycles. The predicted octanol–water partition coefficient (Wildman–Crippen LogP) is 3.63. The molecule has 0 saturated heterocycles. The zero-order valence-electron chi connectivity index (χ0n) is 12.3. The maximum absolute atomic E-state index is 12.7. The molecule has 0 spiro atoms. The van der Waals surface area contributed by atoms with Gasteiger partial charge in [0.1, 0.15) is 0 Å². The number of nitrogens with zero attached hydrogens (tertiary/aromatic N) is 2. The molecular formula is C16H14ClN3O2S. The van der Waals surface area contributed by atoms with Crippen LogP contribution in [0, 0.1) is 6.92 Å². The molecule has 0 atom stereocenters. The Bertz CT molecular complexity index is 938. The van der Waals surface area contributed by atoms with Gasteiger partial charge in [-0.3, -0.25) is 4.72 Å². The van der Waals surface area contributed by atoms with Crippen LogP contribution in [-0.4, -0.2) is 18.2 Å². The molecule has 0 bridgehead atoms. The number of hydrogen-bond donors (Lipinski definition) is 1. The SMILES string of the molecule is Cc1c(Cl)cccc1S(=O)(=O)Nc1ccccc1-n1cccn1. The Labute approximate surface area is 139 Å². The van der Waals surface area contributed by atoms with Gasteiger partial charge in [0.05, 0.1) is 16.3 Å². The monoisotopic (exact) mass is 347 g/mol. The molecule has 0 aliphatic rings. The first-order valence-corrected chi connectivity index (χ1v) is 8.72. The van der Waals surface area contributed by atoms with E-state index in [1.807, 2.05) is 6.07 Å². The van der Waals surface area contributed by atoms with Crippen LogP contribution in [0.1, 0.15) is 5.56 Å². The van der Waals surface area contributed by atoms with Gasteiger partial charge in [0.25, 0.3) is 10.0 Å². The number of rotatable bonds is 4. The Kier molecular flexibility index (Phi) is 4.11. The molecule has 5 nitrogen and oxygen atoms in total. The molecule has 1 N–H and O–H groups in total. The average Bonchev–Trinajstić information content (AvgIpc) is 3.04. The van der Waals surface area contributed by atoms with Crippen LogP contribution in [-0.2, 0) is 10.0 Å². The first-order valence-electron chi connectivity index (χ1n) is 6.86. The van der Waals surface area contributed by atoms with Crippen molar-refractivity contribution in [1.82, 2.24) is 9.78 Å². The minimum absolute atomic E-state index is 0.153. The largest absolute Gasteiger partial charge is 0.277 e. The molecule has 3 aromatic rings. The molecule has 0 aliphatic heterocycles. The smallest absolute Gasteiger partial charge is 0.262 e. The van der Waals surface area contributed by atoms with E-state index in [-0.39, 0.29) is 4.90 Å². The van der Waals surface area contributed by atoms with Crippen molar-refractivity contribution in [2.75, 3.05) is 4.72 Å². The van der Waals surface area contributed by atoms with E-state index < -0.39 is 10.0 Å². The molecule has 0 radical (unpaired) electrons. The van der Waals surface area contributed by atoms with Gasteiger partial charge in [-0.2, -0.15) is 5.10 Å². The fourth-order valence-electron chi connectivity index (χ4n) is 2.25. The number of halogens is 1. The van der Waals surface area contributed by atoms with Crippen molar-refractivity contribution in [3.05, 3.63) is 71.5 Å². The van der Waals surface area contributed by atoms with Crippen LogP contribution in [0.5, 0.6) is 0 Å². The van der Waals surface area contributed by atoms with E-state index in [1.54, 1.807) is 60.4 Å². The Morgan fingerprint density at radius 3 is 2.61 bits per heavy atom. The summed E-state index contributed by atoms with van der Waals surface area (Å²) in [5.41, 5.74) is 1.59. The standard InChI is InChI=1S/C16H14ClN3O2S/c1-12-13(17)6-4-9-16(12)23(21,22)19-14-7-2-3-8-15(14)20-11-5-10-18-20/h2-11,19H,1H3. The van der Waals surface area contributed by atoms with Crippen molar-refractivity contribution >= 4 is 27.3 Å². The van der Waals surface area contributed by atoms with Gasteiger partial charge in [-0.1, -0.05) is 29.8 Å². The highest BCUT2D eigenvalue weighted by molar-refractivity contribution is 7.92. The van der Waals surface area contributed by atoms with E-state index in [9.17, 15) is 8.42 Å². The summed E-state index contributed by atoms with van der Waals surface area (Å²) in [5, 5.41) is 4.55. The van der Waals surface area contributed by atoms with Crippen LogP contribution in [0.25, 0.3) is 5.69 Å². The molecule has 2 aromatic carbocycles. The first kappa shape index (κ1) is 15.6. The zero-order valence-corrected chi connectivity index (χ0v) is 13.8. The van der Waals surface area contributed by atoms with Gasteiger partial charge >= 0.3 is 0 Å². The molecule has 118 valence electrons. The third-order valence-electron chi connectivity index (χ3n) is 3.41. The summed E-state index contributed by atoms with van der Waals surface area (Å²) < 4.78 is 29.6. The molecule has 7 heteroatoms. The van der Waals surface area contributed by atoms with E-state index in [4.69, 9.17) is 11.6 Å². The highest BCUT2D eigenvalue weighted by atomic mass is 35.5. The van der Waals surface area contributed by atoms with Crippen molar-refractivity contribution in [2.45, 2.75) is 11.8 Å². The summed E-state index contributed by atoms with van der Waals surface area (Å²) >= 11 is 6.03. The second-order valence-corrected chi connectivity index (χ2v) is 6.99. The lowest BCUT2D eigenvalue weighted by molar-refractivity contribution is 0.600. The number of anilines is 1. The van der Waals surface area contributed by atoms with Crippen molar-refractivity contribution in [2.24, 2.45) is 0 Å². The highest BCUT2D eigenvalue weighted by Gasteiger charge is 2.19. The summed E-state index contributed by atoms with van der Waals surface area (Å²) in [7, 11) is -3.76. The number of hydrogen-bond acceptors (Lipinski definition) is 3. The maximum Gasteiger partial charge on any atom is 0.262 e. The second-order valence-electron chi connectivity index (χ2n) is 4.94. The van der Waals surface area contributed by atoms with Crippen molar-refractivity contribution in [3.63, 3.8) is 0 Å². The maximum atomic E-state index is 12.7. The van der Waals surface area contributed by atoms with Crippen LogP contribution >= 0.6 is 11.6 Å². The van der Waals surface area contributed by atoms with Gasteiger partial charge < -0.3 is 0 Å². The van der Waals surface area contributed by atoms with E-state index in [1.165, 1.54) is 6.07 Å².